The van der Waals surface area contributed by atoms with E-state index in [1.54, 1.807) is 4.90 Å². The average Bonchev–Trinajstić information content (AvgIpc) is 2.70. The van der Waals surface area contributed by atoms with Crippen molar-refractivity contribution in [3.8, 4) is 0 Å². The molecule has 2 atom stereocenters. The van der Waals surface area contributed by atoms with Crippen molar-refractivity contribution in [3.05, 3.63) is 0 Å². The lowest BCUT2D eigenvalue weighted by molar-refractivity contribution is -0.133. The molecule has 112 valence electrons. The molecule has 1 fully saturated rings. The molecular formula is C13H26N2O3S. The molecule has 0 radical (unpaired) electrons. The molecule has 0 spiro atoms. The van der Waals surface area contributed by atoms with Crippen molar-refractivity contribution in [1.82, 2.24) is 4.90 Å². The van der Waals surface area contributed by atoms with Crippen LogP contribution in [-0.4, -0.2) is 49.4 Å². The highest BCUT2D eigenvalue weighted by Crippen LogP contribution is 2.19. The van der Waals surface area contributed by atoms with Gasteiger partial charge in [0.2, 0.25) is 5.91 Å². The van der Waals surface area contributed by atoms with E-state index >= 15 is 0 Å². The van der Waals surface area contributed by atoms with Gasteiger partial charge in [-0.1, -0.05) is 20.3 Å². The molecule has 1 amide bonds. The van der Waals surface area contributed by atoms with Gasteiger partial charge in [-0.3, -0.25) is 4.79 Å². The summed E-state index contributed by atoms with van der Waals surface area (Å²) in [6.45, 7) is 4.66. The number of hydrogen-bond donors (Lipinski definition) is 1. The molecule has 0 aliphatic carbocycles. The van der Waals surface area contributed by atoms with Gasteiger partial charge in [0.25, 0.3) is 0 Å². The third kappa shape index (κ3) is 5.10. The zero-order valence-electron chi connectivity index (χ0n) is 12.0. The van der Waals surface area contributed by atoms with E-state index in [4.69, 9.17) is 5.73 Å². The second kappa shape index (κ2) is 7.24. The Morgan fingerprint density at radius 2 is 2.11 bits per heavy atom. The number of nitrogens with zero attached hydrogens (tertiary/aromatic N) is 1. The third-order valence-corrected chi connectivity index (χ3v) is 5.43. The van der Waals surface area contributed by atoms with Crippen molar-refractivity contribution in [2.75, 3.05) is 18.1 Å². The van der Waals surface area contributed by atoms with Crippen LogP contribution in [-0.2, 0) is 14.6 Å². The van der Waals surface area contributed by atoms with Crippen molar-refractivity contribution in [2.45, 2.75) is 58.0 Å². The van der Waals surface area contributed by atoms with Gasteiger partial charge < -0.3 is 10.6 Å². The Morgan fingerprint density at radius 3 is 2.58 bits per heavy atom. The van der Waals surface area contributed by atoms with Crippen LogP contribution >= 0.6 is 0 Å². The van der Waals surface area contributed by atoms with Crippen LogP contribution in [0, 0.1) is 0 Å². The first-order valence-corrected chi connectivity index (χ1v) is 8.97. The summed E-state index contributed by atoms with van der Waals surface area (Å²) in [5.41, 5.74) is 5.83. The molecule has 1 heterocycles. The first kappa shape index (κ1) is 16.4. The molecule has 1 aliphatic heterocycles. The standard InChI is InChI=1S/C13H26N2O3S/c1-3-5-7-15(13(16)9-11(14)4-2)12-6-8-19(17,18)10-12/h11-12H,3-10,14H2,1-2H3. The summed E-state index contributed by atoms with van der Waals surface area (Å²) in [5, 5.41) is 0. The highest BCUT2D eigenvalue weighted by Gasteiger charge is 2.34. The number of carbonyl (C=O) groups excluding carboxylic acids is 1. The SMILES string of the molecule is CCCCN(C(=O)CC(N)CC)C1CCS(=O)(=O)C1. The van der Waals surface area contributed by atoms with E-state index in [-0.39, 0.29) is 29.5 Å². The summed E-state index contributed by atoms with van der Waals surface area (Å²) in [6.07, 6.45) is 3.54. The summed E-state index contributed by atoms with van der Waals surface area (Å²) in [7, 11) is -2.96. The predicted octanol–water partition coefficient (Wildman–Crippen LogP) is 0.930. The highest BCUT2D eigenvalue weighted by atomic mass is 32.2. The van der Waals surface area contributed by atoms with Gasteiger partial charge in [-0.2, -0.15) is 0 Å². The molecule has 1 aliphatic rings. The minimum atomic E-state index is -2.96. The maximum absolute atomic E-state index is 12.3. The van der Waals surface area contributed by atoms with Gasteiger partial charge in [0.05, 0.1) is 11.5 Å². The largest absolute Gasteiger partial charge is 0.339 e. The fraction of sp³-hybridized carbons (Fsp3) is 0.923. The Morgan fingerprint density at radius 1 is 1.42 bits per heavy atom. The maximum atomic E-state index is 12.3. The average molecular weight is 290 g/mol. The van der Waals surface area contributed by atoms with E-state index in [2.05, 4.69) is 6.92 Å². The molecule has 0 saturated carbocycles. The molecule has 1 rings (SSSR count). The lowest BCUT2D eigenvalue weighted by Crippen LogP contribution is -2.43. The van der Waals surface area contributed by atoms with Crippen LogP contribution in [0.25, 0.3) is 0 Å². The second-order valence-corrected chi connectivity index (χ2v) is 7.60. The normalized spacial score (nSPS) is 23.2. The van der Waals surface area contributed by atoms with Crippen molar-refractivity contribution in [1.29, 1.82) is 0 Å². The molecule has 2 N–H and O–H groups in total. The van der Waals surface area contributed by atoms with Gasteiger partial charge in [0.15, 0.2) is 9.84 Å². The van der Waals surface area contributed by atoms with Crippen molar-refractivity contribution < 1.29 is 13.2 Å². The number of nitrogens with two attached hydrogens (primary N) is 1. The Bertz CT molecular complexity index is 395. The van der Waals surface area contributed by atoms with E-state index in [9.17, 15) is 13.2 Å². The van der Waals surface area contributed by atoms with Gasteiger partial charge in [0.1, 0.15) is 0 Å². The minimum absolute atomic E-state index is 0.00454. The molecule has 0 aromatic carbocycles. The van der Waals surface area contributed by atoms with Crippen LogP contribution in [0.3, 0.4) is 0 Å². The van der Waals surface area contributed by atoms with Gasteiger partial charge in [-0.25, -0.2) is 8.42 Å². The Balaban J connectivity index is 2.68. The molecule has 6 heteroatoms. The number of unbranched alkanes of at least 4 members (excludes halogenated alkanes) is 1. The van der Waals surface area contributed by atoms with Crippen LogP contribution in [0.15, 0.2) is 0 Å². The molecule has 0 bridgehead atoms. The fourth-order valence-corrected chi connectivity index (χ4v) is 4.08. The quantitative estimate of drug-likeness (QED) is 0.756. The summed E-state index contributed by atoms with van der Waals surface area (Å²) in [4.78, 5) is 14.0. The molecule has 2 unspecified atom stereocenters. The van der Waals surface area contributed by atoms with Gasteiger partial charge in [0, 0.05) is 25.0 Å². The summed E-state index contributed by atoms with van der Waals surface area (Å²) in [5.74, 6) is 0.321. The smallest absolute Gasteiger partial charge is 0.224 e. The van der Waals surface area contributed by atoms with E-state index < -0.39 is 9.84 Å². The molecule has 1 saturated heterocycles. The van der Waals surface area contributed by atoms with E-state index in [0.29, 0.717) is 19.4 Å². The molecule has 0 aromatic heterocycles. The number of sulfone groups is 1. The molecule has 5 nitrogen and oxygen atoms in total. The topological polar surface area (TPSA) is 80.5 Å². The van der Waals surface area contributed by atoms with Crippen LogP contribution in [0.2, 0.25) is 0 Å². The molecule has 0 aromatic rings. The van der Waals surface area contributed by atoms with Crippen LogP contribution in [0.4, 0.5) is 0 Å². The first-order valence-electron chi connectivity index (χ1n) is 7.15. The summed E-state index contributed by atoms with van der Waals surface area (Å²) < 4.78 is 23.1. The zero-order valence-corrected chi connectivity index (χ0v) is 12.8. The Labute approximate surface area is 116 Å². The zero-order chi connectivity index (χ0) is 14.5. The van der Waals surface area contributed by atoms with Crippen LogP contribution in [0.5, 0.6) is 0 Å². The highest BCUT2D eigenvalue weighted by molar-refractivity contribution is 7.91. The van der Waals surface area contributed by atoms with Crippen molar-refractivity contribution >= 4 is 15.7 Å². The van der Waals surface area contributed by atoms with Crippen LogP contribution < -0.4 is 5.73 Å². The van der Waals surface area contributed by atoms with E-state index in [1.165, 1.54) is 0 Å². The molecular weight excluding hydrogens is 264 g/mol. The monoisotopic (exact) mass is 290 g/mol. The molecule has 19 heavy (non-hydrogen) atoms. The number of carbonyl (C=O) groups is 1. The van der Waals surface area contributed by atoms with Crippen LogP contribution in [0.1, 0.15) is 46.0 Å². The summed E-state index contributed by atoms with van der Waals surface area (Å²) >= 11 is 0. The second-order valence-electron chi connectivity index (χ2n) is 5.37. The minimum Gasteiger partial charge on any atom is -0.339 e. The number of rotatable bonds is 7. The predicted molar refractivity (Wildman–Crippen MR) is 76.6 cm³/mol. The van der Waals surface area contributed by atoms with Gasteiger partial charge in [-0.15, -0.1) is 0 Å². The fourth-order valence-electron chi connectivity index (χ4n) is 2.35. The van der Waals surface area contributed by atoms with E-state index in [1.807, 2.05) is 6.92 Å². The lowest BCUT2D eigenvalue weighted by Gasteiger charge is -2.29. The third-order valence-electron chi connectivity index (χ3n) is 3.68. The summed E-state index contributed by atoms with van der Waals surface area (Å²) in [6, 6.07) is -0.275. The van der Waals surface area contributed by atoms with Crippen molar-refractivity contribution in [2.24, 2.45) is 5.73 Å². The first-order chi connectivity index (χ1) is 8.89. The Kier molecular flexibility index (Phi) is 6.26. The van der Waals surface area contributed by atoms with E-state index in [0.717, 1.165) is 19.3 Å². The van der Waals surface area contributed by atoms with Gasteiger partial charge in [-0.05, 0) is 19.3 Å². The van der Waals surface area contributed by atoms with Crippen molar-refractivity contribution in [3.63, 3.8) is 0 Å². The van der Waals surface area contributed by atoms with Gasteiger partial charge >= 0.3 is 0 Å². The number of hydrogen-bond acceptors (Lipinski definition) is 4. The number of amides is 1. The Hall–Kier alpha value is -0.620. The lowest BCUT2D eigenvalue weighted by atomic mass is 10.1. The maximum Gasteiger partial charge on any atom is 0.224 e.